The van der Waals surface area contributed by atoms with E-state index in [9.17, 15) is 0 Å². The molecule has 6 bridgehead atoms. The summed E-state index contributed by atoms with van der Waals surface area (Å²) < 4.78 is 5.71. The molecular formula is C18H15N3OS. The third kappa shape index (κ3) is 3.31. The highest BCUT2D eigenvalue weighted by Crippen LogP contribution is 2.28. The molecule has 0 unspecified atom stereocenters. The van der Waals surface area contributed by atoms with Gasteiger partial charge in [0.15, 0.2) is 0 Å². The first kappa shape index (κ1) is 14.1. The Labute approximate surface area is 138 Å². The lowest BCUT2D eigenvalue weighted by molar-refractivity contribution is 0.151. The number of rotatable bonds is 0. The molecule has 1 N–H and O–H groups in total. The Balaban J connectivity index is 1.75. The van der Waals surface area contributed by atoms with Crippen molar-refractivity contribution in [3.63, 3.8) is 0 Å². The maximum atomic E-state index is 5.71. The van der Waals surface area contributed by atoms with Crippen LogP contribution in [-0.4, -0.2) is 16.6 Å². The minimum atomic E-state index is 0.596. The second-order valence-electron chi connectivity index (χ2n) is 5.20. The molecule has 4 nitrogen and oxygen atoms in total. The highest BCUT2D eigenvalue weighted by Gasteiger charge is 2.07. The van der Waals surface area contributed by atoms with E-state index in [0.29, 0.717) is 19.2 Å². The van der Waals surface area contributed by atoms with Crippen molar-refractivity contribution in [2.75, 3.05) is 11.9 Å². The summed E-state index contributed by atoms with van der Waals surface area (Å²) in [7, 11) is 0. The molecule has 114 valence electrons. The molecule has 1 aliphatic heterocycles. The van der Waals surface area contributed by atoms with Gasteiger partial charge in [0, 0.05) is 16.8 Å². The van der Waals surface area contributed by atoms with Crippen LogP contribution in [0.25, 0.3) is 16.6 Å². The Bertz CT molecular complexity index is 857. The standard InChI is InChI=1S/C18H15N3OS/c1-3-13-4-2-10-22-12-15-6-7-17(23-15)16-8-9-19-18(21-16)20-14(5-1)11-13/h1-9,11H,10,12H2,(H,19,20,21)/b4-2+. The molecule has 1 aliphatic rings. The highest BCUT2D eigenvalue weighted by molar-refractivity contribution is 7.15. The topological polar surface area (TPSA) is 47.0 Å². The fourth-order valence-corrected chi connectivity index (χ4v) is 3.33. The number of nitrogens with zero attached hydrogens (tertiary/aromatic N) is 2. The zero-order chi connectivity index (χ0) is 15.5. The number of thiophene rings is 1. The molecule has 0 aliphatic carbocycles. The Morgan fingerprint density at radius 2 is 2.13 bits per heavy atom. The van der Waals surface area contributed by atoms with Gasteiger partial charge in [0.1, 0.15) is 0 Å². The van der Waals surface area contributed by atoms with Gasteiger partial charge in [-0.3, -0.25) is 0 Å². The van der Waals surface area contributed by atoms with Crippen molar-refractivity contribution in [3.05, 3.63) is 65.2 Å². The third-order valence-electron chi connectivity index (χ3n) is 3.48. The van der Waals surface area contributed by atoms with Crippen molar-refractivity contribution in [3.8, 4) is 10.6 Å². The SMILES string of the molecule is C1=C/c2cccc(c2)Nc2nccc(n2)-c2ccc(s2)COC/1. The first-order valence-electron chi connectivity index (χ1n) is 7.40. The van der Waals surface area contributed by atoms with Gasteiger partial charge in [-0.1, -0.05) is 24.3 Å². The summed E-state index contributed by atoms with van der Waals surface area (Å²) >= 11 is 1.70. The minimum absolute atomic E-state index is 0.596. The Kier molecular flexibility index (Phi) is 3.88. The summed E-state index contributed by atoms with van der Waals surface area (Å²) in [6.07, 6.45) is 5.87. The van der Waals surface area contributed by atoms with Crippen LogP contribution in [0.15, 0.2) is 54.7 Å². The van der Waals surface area contributed by atoms with E-state index in [2.05, 4.69) is 45.6 Å². The summed E-state index contributed by atoms with van der Waals surface area (Å²) in [5.41, 5.74) is 3.00. The summed E-state index contributed by atoms with van der Waals surface area (Å²) in [6.45, 7) is 1.21. The number of hydrogen-bond donors (Lipinski definition) is 1. The minimum Gasteiger partial charge on any atom is -0.372 e. The van der Waals surface area contributed by atoms with E-state index in [4.69, 9.17) is 4.74 Å². The summed E-state index contributed by atoms with van der Waals surface area (Å²) in [6, 6.07) is 14.2. The average molecular weight is 321 g/mol. The average Bonchev–Trinajstić information content (AvgIpc) is 3.03. The van der Waals surface area contributed by atoms with Crippen LogP contribution >= 0.6 is 11.3 Å². The number of ether oxygens (including phenoxy) is 1. The van der Waals surface area contributed by atoms with E-state index >= 15 is 0 Å². The van der Waals surface area contributed by atoms with Gasteiger partial charge in [0.2, 0.25) is 5.95 Å². The molecule has 0 amide bonds. The van der Waals surface area contributed by atoms with E-state index in [-0.39, 0.29) is 0 Å². The van der Waals surface area contributed by atoms with E-state index in [1.807, 2.05) is 24.3 Å². The molecule has 23 heavy (non-hydrogen) atoms. The van der Waals surface area contributed by atoms with E-state index in [1.54, 1.807) is 17.5 Å². The fourth-order valence-electron chi connectivity index (χ4n) is 2.41. The van der Waals surface area contributed by atoms with Crippen LogP contribution in [0.5, 0.6) is 0 Å². The fraction of sp³-hybridized carbons (Fsp3) is 0.111. The summed E-state index contributed by atoms with van der Waals surface area (Å²) in [5.74, 6) is 0.602. The van der Waals surface area contributed by atoms with E-state index in [1.165, 1.54) is 4.88 Å². The molecule has 4 rings (SSSR count). The molecule has 0 radical (unpaired) electrons. The molecule has 3 heterocycles. The van der Waals surface area contributed by atoms with Crippen LogP contribution in [-0.2, 0) is 11.3 Å². The quantitative estimate of drug-likeness (QED) is 0.662. The van der Waals surface area contributed by atoms with Gasteiger partial charge in [0.05, 0.1) is 23.8 Å². The smallest absolute Gasteiger partial charge is 0.227 e. The maximum absolute atomic E-state index is 5.71. The van der Waals surface area contributed by atoms with Crippen molar-refractivity contribution >= 4 is 29.0 Å². The molecule has 0 saturated carbocycles. The van der Waals surface area contributed by atoms with Gasteiger partial charge >= 0.3 is 0 Å². The predicted molar refractivity (Wildman–Crippen MR) is 93.8 cm³/mol. The molecule has 2 aromatic heterocycles. The second-order valence-corrected chi connectivity index (χ2v) is 6.37. The third-order valence-corrected chi connectivity index (χ3v) is 4.56. The molecule has 0 fully saturated rings. The van der Waals surface area contributed by atoms with Gasteiger partial charge in [0.25, 0.3) is 0 Å². The largest absolute Gasteiger partial charge is 0.372 e. The lowest BCUT2D eigenvalue weighted by atomic mass is 10.2. The molecule has 0 spiro atoms. The molecule has 0 saturated heterocycles. The lowest BCUT2D eigenvalue weighted by Gasteiger charge is -2.06. The van der Waals surface area contributed by atoms with Gasteiger partial charge in [-0.15, -0.1) is 11.3 Å². The number of anilines is 2. The van der Waals surface area contributed by atoms with Crippen LogP contribution in [0.4, 0.5) is 11.6 Å². The maximum Gasteiger partial charge on any atom is 0.227 e. The number of aromatic nitrogens is 2. The first-order chi connectivity index (χ1) is 11.4. The van der Waals surface area contributed by atoms with Gasteiger partial charge < -0.3 is 10.1 Å². The van der Waals surface area contributed by atoms with Crippen LogP contribution in [0, 0.1) is 0 Å². The van der Waals surface area contributed by atoms with E-state index < -0.39 is 0 Å². The molecule has 3 aromatic rings. The monoisotopic (exact) mass is 321 g/mol. The zero-order valence-electron chi connectivity index (χ0n) is 12.4. The molecule has 5 heteroatoms. The van der Waals surface area contributed by atoms with Gasteiger partial charge in [-0.2, -0.15) is 0 Å². The second kappa shape index (κ2) is 6.32. The first-order valence-corrected chi connectivity index (χ1v) is 8.22. The number of hydrogen-bond acceptors (Lipinski definition) is 5. The number of benzene rings is 1. The highest BCUT2D eigenvalue weighted by atomic mass is 32.1. The number of nitrogens with one attached hydrogen (secondary N) is 1. The van der Waals surface area contributed by atoms with E-state index in [0.717, 1.165) is 21.8 Å². The van der Waals surface area contributed by atoms with Gasteiger partial charge in [-0.25, -0.2) is 9.97 Å². The summed E-state index contributed by atoms with van der Waals surface area (Å²) in [5, 5.41) is 3.27. The van der Waals surface area contributed by atoms with Crippen molar-refractivity contribution in [1.29, 1.82) is 0 Å². The van der Waals surface area contributed by atoms with Crippen molar-refractivity contribution < 1.29 is 4.74 Å². The Morgan fingerprint density at radius 1 is 1.13 bits per heavy atom. The van der Waals surface area contributed by atoms with Gasteiger partial charge in [-0.05, 0) is 35.9 Å². The zero-order valence-corrected chi connectivity index (χ0v) is 13.2. The molecule has 0 atom stereocenters. The van der Waals surface area contributed by atoms with Crippen LogP contribution in [0.1, 0.15) is 10.4 Å². The predicted octanol–water partition coefficient (Wildman–Crippen LogP) is 4.49. The summed E-state index contributed by atoms with van der Waals surface area (Å²) in [4.78, 5) is 11.2. The van der Waals surface area contributed by atoms with Crippen LogP contribution in [0.3, 0.4) is 0 Å². The van der Waals surface area contributed by atoms with Crippen LogP contribution in [0.2, 0.25) is 0 Å². The normalized spacial score (nSPS) is 15.1. The lowest BCUT2D eigenvalue weighted by Crippen LogP contribution is -1.97. The van der Waals surface area contributed by atoms with Crippen molar-refractivity contribution in [2.45, 2.75) is 6.61 Å². The van der Waals surface area contributed by atoms with Crippen molar-refractivity contribution in [2.24, 2.45) is 0 Å². The van der Waals surface area contributed by atoms with Crippen molar-refractivity contribution in [1.82, 2.24) is 9.97 Å². The molecule has 1 aromatic carbocycles. The Hall–Kier alpha value is -2.50. The van der Waals surface area contributed by atoms with Crippen LogP contribution < -0.4 is 5.32 Å². The Morgan fingerprint density at radius 3 is 3.13 bits per heavy atom. The number of fused-ring (bicyclic) bond motifs is 7. The molecular weight excluding hydrogens is 306 g/mol.